The van der Waals surface area contributed by atoms with E-state index < -0.39 is 16.0 Å². The first-order chi connectivity index (χ1) is 12.9. The van der Waals surface area contributed by atoms with Gasteiger partial charge in [0.25, 0.3) is 15.9 Å². The summed E-state index contributed by atoms with van der Waals surface area (Å²) in [5.74, 6) is -0.842. The van der Waals surface area contributed by atoms with E-state index in [0.717, 1.165) is 37.0 Å². The molecule has 1 amide bonds. The zero-order valence-electron chi connectivity index (χ0n) is 15.0. The number of nitrogens with zero attached hydrogens (tertiary/aromatic N) is 1. The van der Waals surface area contributed by atoms with Crippen LogP contribution in [0.1, 0.15) is 30.6 Å². The minimum Gasteiger partial charge on any atom is -0.455 e. The molecule has 1 N–H and O–H groups in total. The van der Waals surface area contributed by atoms with E-state index in [0.29, 0.717) is 31.2 Å². The Hall–Kier alpha value is -1.49. The molecule has 0 radical (unpaired) electrons. The highest BCUT2D eigenvalue weighted by Gasteiger charge is 2.28. The Balaban J connectivity index is 1.48. The van der Waals surface area contributed by atoms with Crippen LogP contribution in [-0.4, -0.2) is 63.6 Å². The second kappa shape index (κ2) is 9.13. The Kier molecular flexibility index (Phi) is 6.85. The highest BCUT2D eigenvalue weighted by atomic mass is 32.2. The summed E-state index contributed by atoms with van der Waals surface area (Å²) in [5.41, 5.74) is 0. The lowest BCUT2D eigenvalue weighted by Crippen LogP contribution is -2.40. The average Bonchev–Trinajstić information content (AvgIpc) is 3.33. The van der Waals surface area contributed by atoms with Gasteiger partial charge in [-0.2, -0.15) is 4.31 Å². The van der Waals surface area contributed by atoms with Gasteiger partial charge in [-0.3, -0.25) is 9.59 Å². The molecule has 0 atom stereocenters. The molecule has 2 fully saturated rings. The SMILES string of the molecule is O=C(COC(=O)Cc1ccc(S(=O)(=O)N2CCOCC2)s1)NC1CCCC1. The van der Waals surface area contributed by atoms with Gasteiger partial charge < -0.3 is 14.8 Å². The summed E-state index contributed by atoms with van der Waals surface area (Å²) in [6.45, 7) is 1.11. The molecule has 0 unspecified atom stereocenters. The molecule has 0 bridgehead atoms. The number of esters is 1. The van der Waals surface area contributed by atoms with E-state index in [-0.39, 0.29) is 29.2 Å². The predicted molar refractivity (Wildman–Crippen MR) is 99.0 cm³/mol. The maximum Gasteiger partial charge on any atom is 0.311 e. The normalized spacial score (nSPS) is 19.1. The van der Waals surface area contributed by atoms with Crippen LogP contribution in [0.3, 0.4) is 0 Å². The molecule has 1 aromatic heterocycles. The molecule has 1 aliphatic carbocycles. The first-order valence-electron chi connectivity index (χ1n) is 9.07. The minimum absolute atomic E-state index is 0.0555. The molecule has 0 spiro atoms. The van der Waals surface area contributed by atoms with Crippen molar-refractivity contribution >= 4 is 33.2 Å². The third kappa shape index (κ3) is 5.50. The van der Waals surface area contributed by atoms with Gasteiger partial charge in [0.1, 0.15) is 4.21 Å². The monoisotopic (exact) mass is 416 g/mol. The molecular weight excluding hydrogens is 392 g/mol. The highest BCUT2D eigenvalue weighted by Crippen LogP contribution is 2.26. The molecule has 1 aromatic rings. The minimum atomic E-state index is -3.56. The van der Waals surface area contributed by atoms with E-state index in [4.69, 9.17) is 9.47 Å². The summed E-state index contributed by atoms with van der Waals surface area (Å²) >= 11 is 1.05. The van der Waals surface area contributed by atoms with Crippen molar-refractivity contribution in [3.05, 3.63) is 17.0 Å². The van der Waals surface area contributed by atoms with Crippen LogP contribution in [0.5, 0.6) is 0 Å². The Labute approximate surface area is 162 Å². The van der Waals surface area contributed by atoms with Gasteiger partial charge in [-0.15, -0.1) is 11.3 Å². The van der Waals surface area contributed by atoms with E-state index >= 15 is 0 Å². The van der Waals surface area contributed by atoms with Crippen LogP contribution in [-0.2, 0) is 35.5 Å². The van der Waals surface area contributed by atoms with Crippen LogP contribution < -0.4 is 5.32 Å². The number of ether oxygens (including phenoxy) is 2. The van der Waals surface area contributed by atoms with Crippen LogP contribution in [0.4, 0.5) is 0 Å². The lowest BCUT2D eigenvalue weighted by atomic mass is 10.2. The summed E-state index contributed by atoms with van der Waals surface area (Å²) in [5, 5.41) is 2.85. The van der Waals surface area contributed by atoms with E-state index in [1.54, 1.807) is 6.07 Å². The molecule has 1 saturated heterocycles. The topological polar surface area (TPSA) is 102 Å². The van der Waals surface area contributed by atoms with E-state index in [1.807, 2.05) is 0 Å². The van der Waals surface area contributed by atoms with Gasteiger partial charge in [-0.05, 0) is 25.0 Å². The second-order valence-corrected chi connectivity index (χ2v) is 9.96. The van der Waals surface area contributed by atoms with Gasteiger partial charge in [-0.1, -0.05) is 12.8 Å². The van der Waals surface area contributed by atoms with Gasteiger partial charge in [0.2, 0.25) is 0 Å². The quantitative estimate of drug-likeness (QED) is 0.663. The Bertz CT molecular complexity index is 764. The number of hydrogen-bond donors (Lipinski definition) is 1. The molecule has 3 rings (SSSR count). The Morgan fingerprint density at radius 3 is 2.63 bits per heavy atom. The van der Waals surface area contributed by atoms with E-state index in [9.17, 15) is 18.0 Å². The fraction of sp³-hybridized carbons (Fsp3) is 0.647. The number of rotatable bonds is 7. The van der Waals surface area contributed by atoms with Crippen molar-refractivity contribution in [2.45, 2.75) is 42.4 Å². The van der Waals surface area contributed by atoms with E-state index in [1.165, 1.54) is 10.4 Å². The maximum atomic E-state index is 12.6. The molecule has 1 saturated carbocycles. The van der Waals surface area contributed by atoms with Gasteiger partial charge in [0.05, 0.1) is 19.6 Å². The zero-order valence-corrected chi connectivity index (χ0v) is 16.6. The van der Waals surface area contributed by atoms with Crippen molar-refractivity contribution in [3.8, 4) is 0 Å². The largest absolute Gasteiger partial charge is 0.455 e. The predicted octanol–water partition coefficient (Wildman–Crippen LogP) is 0.913. The first-order valence-corrected chi connectivity index (χ1v) is 11.3. The van der Waals surface area contributed by atoms with E-state index in [2.05, 4.69) is 5.32 Å². The van der Waals surface area contributed by atoms with Crippen LogP contribution in [0, 0.1) is 0 Å². The number of nitrogens with one attached hydrogen (secondary N) is 1. The van der Waals surface area contributed by atoms with Crippen molar-refractivity contribution < 1.29 is 27.5 Å². The van der Waals surface area contributed by atoms with Gasteiger partial charge in [0.15, 0.2) is 6.61 Å². The highest BCUT2D eigenvalue weighted by molar-refractivity contribution is 7.91. The Morgan fingerprint density at radius 2 is 1.93 bits per heavy atom. The second-order valence-electron chi connectivity index (χ2n) is 6.62. The molecule has 2 heterocycles. The number of thiophene rings is 1. The van der Waals surface area contributed by atoms with Crippen LogP contribution in [0.2, 0.25) is 0 Å². The van der Waals surface area contributed by atoms with Gasteiger partial charge in [-0.25, -0.2) is 8.42 Å². The molecule has 10 heteroatoms. The van der Waals surface area contributed by atoms with Crippen LogP contribution in [0.25, 0.3) is 0 Å². The van der Waals surface area contributed by atoms with Gasteiger partial charge in [0, 0.05) is 24.0 Å². The fourth-order valence-electron chi connectivity index (χ4n) is 3.18. The summed E-state index contributed by atoms with van der Waals surface area (Å²) < 4.78 is 36.9. The maximum absolute atomic E-state index is 12.6. The fourth-order valence-corrected chi connectivity index (χ4v) is 6.09. The Morgan fingerprint density at radius 1 is 1.22 bits per heavy atom. The average molecular weight is 417 g/mol. The zero-order chi connectivity index (χ0) is 19.3. The third-order valence-electron chi connectivity index (χ3n) is 4.60. The molecule has 8 nitrogen and oxygen atoms in total. The lowest BCUT2D eigenvalue weighted by Gasteiger charge is -2.25. The summed E-state index contributed by atoms with van der Waals surface area (Å²) in [6, 6.07) is 3.30. The van der Waals surface area contributed by atoms with Crippen molar-refractivity contribution in [3.63, 3.8) is 0 Å². The van der Waals surface area contributed by atoms with Crippen molar-refractivity contribution in [1.82, 2.24) is 9.62 Å². The number of sulfonamides is 1. The van der Waals surface area contributed by atoms with Crippen LogP contribution >= 0.6 is 11.3 Å². The standard InChI is InChI=1S/C17H24N2O6S2/c20-15(18-13-3-1-2-4-13)12-25-16(21)11-14-5-6-17(26-14)27(22,23)19-7-9-24-10-8-19/h5-6,13H,1-4,7-12H2,(H,18,20). The summed E-state index contributed by atoms with van der Waals surface area (Å²) in [6.07, 6.45) is 4.10. The van der Waals surface area contributed by atoms with Crippen molar-refractivity contribution in [1.29, 1.82) is 0 Å². The molecule has 0 aromatic carbocycles. The molecule has 2 aliphatic rings. The molecule has 150 valence electrons. The lowest BCUT2D eigenvalue weighted by molar-refractivity contribution is -0.148. The number of morpholine rings is 1. The molecule has 1 aliphatic heterocycles. The van der Waals surface area contributed by atoms with Gasteiger partial charge >= 0.3 is 5.97 Å². The molecule has 27 heavy (non-hydrogen) atoms. The van der Waals surface area contributed by atoms with Crippen LogP contribution in [0.15, 0.2) is 16.3 Å². The van der Waals surface area contributed by atoms with Crippen molar-refractivity contribution in [2.24, 2.45) is 0 Å². The summed E-state index contributed by atoms with van der Waals surface area (Å²) in [7, 11) is -3.56. The van der Waals surface area contributed by atoms with Crippen molar-refractivity contribution in [2.75, 3.05) is 32.9 Å². The summed E-state index contributed by atoms with van der Waals surface area (Å²) in [4.78, 5) is 24.3. The first kappa shape index (κ1) is 20.2. The molecular formula is C17H24N2O6S2. The number of carbonyl (C=O) groups excluding carboxylic acids is 2. The smallest absolute Gasteiger partial charge is 0.311 e. The number of carbonyl (C=O) groups is 2. The number of hydrogen-bond acceptors (Lipinski definition) is 7. The number of amides is 1. The third-order valence-corrected chi connectivity index (χ3v) is 8.06.